The van der Waals surface area contributed by atoms with Gasteiger partial charge in [0.15, 0.2) is 0 Å². The molecule has 0 saturated carbocycles. The third-order valence-electron chi connectivity index (χ3n) is 3.16. The minimum absolute atomic E-state index is 0.0722. The Morgan fingerprint density at radius 3 is 2.86 bits per heavy atom. The van der Waals surface area contributed by atoms with E-state index in [0.29, 0.717) is 18.5 Å². The van der Waals surface area contributed by atoms with E-state index in [9.17, 15) is 9.46 Å². The molecule has 0 aliphatic rings. The molecule has 0 aliphatic heterocycles. The van der Waals surface area contributed by atoms with Gasteiger partial charge in [-0.1, -0.05) is 13.0 Å². The molecule has 2 rings (SSSR count). The van der Waals surface area contributed by atoms with Gasteiger partial charge in [0.25, 0.3) is 0 Å². The Morgan fingerprint density at radius 1 is 1.50 bits per heavy atom. The number of aromatic nitrogens is 1. The van der Waals surface area contributed by atoms with Gasteiger partial charge in [-0.2, -0.15) is 0 Å². The number of H-pyrrole nitrogens is 1. The van der Waals surface area contributed by atoms with Crippen molar-refractivity contribution in [2.75, 3.05) is 27.1 Å². The van der Waals surface area contributed by atoms with E-state index in [1.54, 1.807) is 20.2 Å². The van der Waals surface area contributed by atoms with Crippen LogP contribution in [0.25, 0.3) is 10.9 Å². The summed E-state index contributed by atoms with van der Waals surface area (Å²) in [5, 5.41) is 0.0722. The number of rotatable bonds is 7. The van der Waals surface area contributed by atoms with Crippen molar-refractivity contribution < 1.29 is 28.8 Å². The Morgan fingerprint density at radius 2 is 2.23 bits per heavy atom. The van der Waals surface area contributed by atoms with E-state index in [2.05, 4.69) is 9.51 Å². The molecular formula is C15H23N2O4P. The summed E-state index contributed by atoms with van der Waals surface area (Å²) in [5.41, 5.74) is 0.287. The first-order valence-corrected chi connectivity index (χ1v) is 8.41. The number of benzene rings is 1. The Kier molecular flexibility index (Phi) is 3.54. The topological polar surface area (TPSA) is 85.4 Å². The quantitative estimate of drug-likeness (QED) is 0.601. The highest BCUT2D eigenvalue weighted by atomic mass is 31.2. The van der Waals surface area contributed by atoms with E-state index in [-0.39, 0.29) is 21.2 Å². The zero-order valence-electron chi connectivity index (χ0n) is 16.8. The van der Waals surface area contributed by atoms with Gasteiger partial charge in [0, 0.05) is 26.2 Å². The SMILES string of the molecule is [2H]C([2H])(c1c[nH]c2cccc(OP(=O)([O-])O)c12)C([2H])([2H])[N+](C)(C)CCC. The van der Waals surface area contributed by atoms with Crippen LogP contribution < -0.4 is 9.42 Å². The van der Waals surface area contributed by atoms with Gasteiger partial charge >= 0.3 is 7.82 Å². The van der Waals surface area contributed by atoms with Gasteiger partial charge in [0.1, 0.15) is 5.75 Å². The van der Waals surface area contributed by atoms with Gasteiger partial charge in [0.05, 0.1) is 29.9 Å². The fourth-order valence-electron chi connectivity index (χ4n) is 2.28. The van der Waals surface area contributed by atoms with Crippen LogP contribution in [0.15, 0.2) is 24.4 Å². The predicted octanol–water partition coefficient (Wildman–Crippen LogP) is 2.04. The summed E-state index contributed by atoms with van der Waals surface area (Å²) >= 11 is 0. The number of quaternary nitrogens is 1. The van der Waals surface area contributed by atoms with Crippen LogP contribution in [0.1, 0.15) is 24.4 Å². The maximum Gasteiger partial charge on any atom is 0.317 e. The Labute approximate surface area is 136 Å². The molecule has 2 N–H and O–H groups in total. The number of phosphoric acid groups is 1. The van der Waals surface area contributed by atoms with E-state index < -0.39 is 20.7 Å². The predicted molar refractivity (Wildman–Crippen MR) is 84.6 cm³/mol. The molecule has 0 saturated heterocycles. The molecule has 6 nitrogen and oxygen atoms in total. The van der Waals surface area contributed by atoms with Crippen LogP contribution >= 0.6 is 7.82 Å². The lowest BCUT2D eigenvalue weighted by molar-refractivity contribution is -0.890. The van der Waals surface area contributed by atoms with E-state index in [1.807, 2.05) is 6.92 Å². The number of aryl methyl sites for hydroxylation is 1. The molecule has 0 fully saturated rings. The first kappa shape index (κ1) is 12.1. The van der Waals surface area contributed by atoms with Gasteiger partial charge in [-0.3, -0.25) is 4.57 Å². The lowest BCUT2D eigenvalue weighted by atomic mass is 10.1. The number of fused-ring (bicyclic) bond motifs is 1. The summed E-state index contributed by atoms with van der Waals surface area (Å²) in [6, 6.07) is 4.34. The summed E-state index contributed by atoms with van der Waals surface area (Å²) in [4.78, 5) is 23.0. The molecule has 22 heavy (non-hydrogen) atoms. The molecule has 1 atom stereocenters. The van der Waals surface area contributed by atoms with Gasteiger partial charge in [-0.25, -0.2) is 0 Å². The Bertz CT molecular complexity index is 847. The molecular weight excluding hydrogens is 303 g/mol. The van der Waals surface area contributed by atoms with Crippen molar-refractivity contribution >= 4 is 18.7 Å². The second kappa shape index (κ2) is 6.42. The summed E-state index contributed by atoms with van der Waals surface area (Å²) in [6.45, 7) is -0.0352. The van der Waals surface area contributed by atoms with E-state index in [4.69, 9.17) is 10.4 Å². The first-order chi connectivity index (χ1) is 11.7. The van der Waals surface area contributed by atoms with Crippen molar-refractivity contribution in [3.8, 4) is 5.75 Å². The first-order valence-electron chi connectivity index (χ1n) is 8.91. The van der Waals surface area contributed by atoms with Gasteiger partial charge in [-0.15, -0.1) is 0 Å². The molecule has 1 aromatic heterocycles. The van der Waals surface area contributed by atoms with Crippen molar-refractivity contribution in [2.45, 2.75) is 19.7 Å². The van der Waals surface area contributed by atoms with E-state index in [1.165, 1.54) is 18.3 Å². The maximum atomic E-state index is 11.1. The third kappa shape index (κ3) is 4.34. The highest BCUT2D eigenvalue weighted by molar-refractivity contribution is 7.45. The van der Waals surface area contributed by atoms with Crippen LogP contribution in [-0.4, -0.2) is 41.5 Å². The Balaban J connectivity index is 2.67. The number of hydrogen-bond donors (Lipinski definition) is 2. The number of phosphoric ester groups is 1. The fourth-order valence-corrected chi connectivity index (χ4v) is 2.68. The second-order valence-electron chi connectivity index (χ2n) is 5.59. The molecule has 0 spiro atoms. The zero-order valence-corrected chi connectivity index (χ0v) is 13.7. The number of aromatic amines is 1. The van der Waals surface area contributed by atoms with Gasteiger partial charge < -0.3 is 23.8 Å². The molecule has 1 unspecified atom stereocenters. The minimum atomic E-state index is -5.11. The molecule has 2 aromatic rings. The zero-order chi connectivity index (χ0) is 20.0. The number of likely N-dealkylation sites (N-methyl/N-ethyl adjacent to an activating group) is 1. The van der Waals surface area contributed by atoms with Crippen LogP contribution in [-0.2, 0) is 10.9 Å². The fraction of sp³-hybridized carbons (Fsp3) is 0.467. The van der Waals surface area contributed by atoms with Crippen LogP contribution in [0.5, 0.6) is 5.75 Å². The number of hydrogen-bond acceptors (Lipinski definition) is 3. The largest absolute Gasteiger partial charge is 0.746 e. The standard InChI is InChI=1S/C15H23N2O4P/c1-4-9-17(2,3)10-8-12-11-16-13-6-5-7-14(15(12)13)21-22(18,19)20/h5-7,11,16H,4,8-10H2,1-3H3,(H-,18,19,20)/i8D2,10D2. The van der Waals surface area contributed by atoms with Crippen LogP contribution in [0, 0.1) is 0 Å². The monoisotopic (exact) mass is 330 g/mol. The van der Waals surface area contributed by atoms with Crippen LogP contribution in [0.4, 0.5) is 0 Å². The van der Waals surface area contributed by atoms with Crippen molar-refractivity contribution in [2.24, 2.45) is 0 Å². The van der Waals surface area contributed by atoms with Crippen molar-refractivity contribution in [3.63, 3.8) is 0 Å². The molecule has 0 radical (unpaired) electrons. The smallest absolute Gasteiger partial charge is 0.317 e. The van der Waals surface area contributed by atoms with Crippen LogP contribution in [0.3, 0.4) is 0 Å². The van der Waals surface area contributed by atoms with Gasteiger partial charge in [0.2, 0.25) is 0 Å². The lowest BCUT2D eigenvalue weighted by Crippen LogP contribution is -2.41. The van der Waals surface area contributed by atoms with Crippen molar-refractivity contribution in [3.05, 3.63) is 30.0 Å². The number of nitrogens with one attached hydrogen (secondary N) is 1. The maximum absolute atomic E-state index is 11.1. The molecule has 1 aromatic carbocycles. The minimum Gasteiger partial charge on any atom is -0.746 e. The summed E-state index contributed by atoms with van der Waals surface area (Å²) < 4.78 is 49.5. The second-order valence-corrected chi connectivity index (χ2v) is 6.71. The molecule has 7 heteroatoms. The Hall–Kier alpha value is -1.33. The van der Waals surface area contributed by atoms with Crippen molar-refractivity contribution in [1.82, 2.24) is 4.98 Å². The van der Waals surface area contributed by atoms with Crippen LogP contribution in [0.2, 0.25) is 0 Å². The summed E-state index contributed by atoms with van der Waals surface area (Å²) in [5.74, 6) is -0.264. The average Bonchev–Trinajstić information content (AvgIpc) is 2.91. The van der Waals surface area contributed by atoms with E-state index >= 15 is 0 Å². The average molecular weight is 330 g/mol. The summed E-state index contributed by atoms with van der Waals surface area (Å²) in [6.07, 6.45) is -0.519. The highest BCUT2D eigenvalue weighted by Gasteiger charge is 2.17. The normalized spacial score (nSPS) is 19.0. The van der Waals surface area contributed by atoms with E-state index in [0.717, 1.165) is 0 Å². The third-order valence-corrected chi connectivity index (χ3v) is 3.58. The molecule has 0 bridgehead atoms. The molecule has 0 amide bonds. The van der Waals surface area contributed by atoms with Gasteiger partial charge in [-0.05, 0) is 24.1 Å². The molecule has 122 valence electrons. The summed E-state index contributed by atoms with van der Waals surface area (Å²) in [7, 11) is -1.90. The number of nitrogens with zero attached hydrogens (tertiary/aromatic N) is 1. The lowest BCUT2D eigenvalue weighted by Gasteiger charge is -2.29. The molecule has 1 heterocycles. The van der Waals surface area contributed by atoms with Crippen molar-refractivity contribution in [1.29, 1.82) is 0 Å². The highest BCUT2D eigenvalue weighted by Crippen LogP contribution is 2.38. The molecule has 0 aliphatic carbocycles.